The fraction of sp³-hybridized carbons (Fsp3) is 0.429. The number of carboxylic acid groups (broad SMARTS) is 1. The van der Waals surface area contributed by atoms with Crippen molar-refractivity contribution >= 4 is 17.0 Å². The number of hydrogen-bond donors (Lipinski definition) is 2. The molecule has 2 aromatic rings. The van der Waals surface area contributed by atoms with Crippen LogP contribution < -0.4 is 5.69 Å². The highest BCUT2D eigenvalue weighted by Crippen LogP contribution is 2.23. The van der Waals surface area contributed by atoms with Crippen LogP contribution in [0.5, 0.6) is 0 Å². The number of fused-ring (bicyclic) bond motifs is 1. The molecule has 0 aliphatic rings. The molecule has 5 nitrogen and oxygen atoms in total. The summed E-state index contributed by atoms with van der Waals surface area (Å²) < 4.78 is 1.70. The molecule has 5 heteroatoms. The van der Waals surface area contributed by atoms with Gasteiger partial charge in [0.25, 0.3) is 0 Å². The van der Waals surface area contributed by atoms with E-state index in [2.05, 4.69) is 18.8 Å². The summed E-state index contributed by atoms with van der Waals surface area (Å²) in [5.74, 6) is -0.624. The van der Waals surface area contributed by atoms with Crippen LogP contribution in [0.2, 0.25) is 0 Å². The molecule has 0 saturated carbocycles. The Balaban J connectivity index is 2.60. The molecule has 0 aliphatic carbocycles. The first-order valence-corrected chi connectivity index (χ1v) is 6.43. The van der Waals surface area contributed by atoms with E-state index in [4.69, 9.17) is 5.11 Å². The van der Waals surface area contributed by atoms with Gasteiger partial charge in [-0.15, -0.1) is 0 Å². The van der Waals surface area contributed by atoms with Gasteiger partial charge in [-0.1, -0.05) is 20.3 Å². The number of nitrogens with one attached hydrogen (secondary N) is 1. The lowest BCUT2D eigenvalue weighted by molar-refractivity contribution is 0.0697. The maximum absolute atomic E-state index is 12.0. The number of rotatable bonds is 4. The van der Waals surface area contributed by atoms with Crippen molar-refractivity contribution in [1.29, 1.82) is 0 Å². The zero-order valence-corrected chi connectivity index (χ0v) is 11.3. The van der Waals surface area contributed by atoms with Gasteiger partial charge in [0.1, 0.15) is 0 Å². The number of benzene rings is 1. The van der Waals surface area contributed by atoms with E-state index in [1.807, 2.05) is 6.92 Å². The van der Waals surface area contributed by atoms with Crippen LogP contribution in [0.4, 0.5) is 0 Å². The van der Waals surface area contributed by atoms with Crippen molar-refractivity contribution < 1.29 is 9.90 Å². The third-order valence-electron chi connectivity index (χ3n) is 3.84. The molecule has 0 amide bonds. The third kappa shape index (κ3) is 2.28. The van der Waals surface area contributed by atoms with Crippen LogP contribution in [0.3, 0.4) is 0 Å². The summed E-state index contributed by atoms with van der Waals surface area (Å²) in [5, 5.41) is 8.96. The maximum atomic E-state index is 12.0. The van der Waals surface area contributed by atoms with Gasteiger partial charge in [-0.25, -0.2) is 9.59 Å². The zero-order valence-electron chi connectivity index (χ0n) is 11.3. The fourth-order valence-corrected chi connectivity index (χ4v) is 2.26. The Morgan fingerprint density at radius 3 is 2.68 bits per heavy atom. The molecule has 19 heavy (non-hydrogen) atoms. The lowest BCUT2D eigenvalue weighted by Gasteiger charge is -2.19. The van der Waals surface area contributed by atoms with Crippen molar-refractivity contribution in [3.63, 3.8) is 0 Å². The number of aromatic carboxylic acids is 1. The Morgan fingerprint density at radius 2 is 2.11 bits per heavy atom. The lowest BCUT2D eigenvalue weighted by Crippen LogP contribution is -2.24. The molecule has 0 aliphatic heterocycles. The van der Waals surface area contributed by atoms with Crippen molar-refractivity contribution in [2.75, 3.05) is 0 Å². The Bertz CT molecular complexity index is 669. The number of carboxylic acids is 1. The van der Waals surface area contributed by atoms with Gasteiger partial charge < -0.3 is 10.1 Å². The van der Waals surface area contributed by atoms with E-state index in [1.54, 1.807) is 10.6 Å². The Labute approximate surface area is 110 Å². The van der Waals surface area contributed by atoms with Crippen LogP contribution in [0.15, 0.2) is 23.0 Å². The van der Waals surface area contributed by atoms with Gasteiger partial charge in [0.2, 0.25) is 0 Å². The first-order chi connectivity index (χ1) is 8.95. The minimum atomic E-state index is -0.995. The van der Waals surface area contributed by atoms with Crippen LogP contribution in [0, 0.1) is 5.92 Å². The predicted molar refractivity (Wildman–Crippen MR) is 73.7 cm³/mol. The molecule has 2 rings (SSSR count). The van der Waals surface area contributed by atoms with Gasteiger partial charge >= 0.3 is 11.7 Å². The van der Waals surface area contributed by atoms with Crippen molar-refractivity contribution in [1.82, 2.24) is 9.55 Å². The van der Waals surface area contributed by atoms with Gasteiger partial charge in [-0.2, -0.15) is 0 Å². The van der Waals surface area contributed by atoms with E-state index in [0.29, 0.717) is 11.4 Å². The highest BCUT2D eigenvalue weighted by molar-refractivity contribution is 5.92. The molecule has 0 bridgehead atoms. The minimum absolute atomic E-state index is 0.0712. The molecule has 0 saturated heterocycles. The smallest absolute Gasteiger partial charge is 0.335 e. The summed E-state index contributed by atoms with van der Waals surface area (Å²) in [6.45, 7) is 6.19. The zero-order chi connectivity index (χ0) is 14.2. The molecule has 0 radical (unpaired) electrons. The Morgan fingerprint density at radius 1 is 1.42 bits per heavy atom. The van der Waals surface area contributed by atoms with E-state index < -0.39 is 5.97 Å². The number of H-pyrrole nitrogens is 1. The summed E-state index contributed by atoms with van der Waals surface area (Å²) in [7, 11) is 0. The highest BCUT2D eigenvalue weighted by atomic mass is 16.4. The second kappa shape index (κ2) is 4.91. The number of nitrogens with zero attached hydrogens (tertiary/aromatic N) is 1. The lowest BCUT2D eigenvalue weighted by atomic mass is 10.0. The average molecular weight is 262 g/mol. The quantitative estimate of drug-likeness (QED) is 0.889. The van der Waals surface area contributed by atoms with E-state index >= 15 is 0 Å². The standard InChI is InChI=1S/C14H18N2O3/c1-4-8(2)9(3)16-12-6-5-10(13(17)18)7-11(12)15-14(16)19/h5-9H,4H2,1-3H3,(H,15,19)(H,17,18). The molecule has 1 aromatic heterocycles. The molecule has 2 N–H and O–H groups in total. The molecule has 0 spiro atoms. The molecular formula is C14H18N2O3. The number of aromatic amines is 1. The Hall–Kier alpha value is -2.04. The molecule has 2 atom stereocenters. The SMILES string of the molecule is CCC(C)C(C)n1c(=O)[nH]c2cc(C(=O)O)ccc21. The Kier molecular flexibility index (Phi) is 3.46. The number of imidazole rings is 1. The summed E-state index contributed by atoms with van der Waals surface area (Å²) in [4.78, 5) is 25.7. The normalized spacial score (nSPS) is 14.5. The van der Waals surface area contributed by atoms with Crippen LogP contribution in [0.25, 0.3) is 11.0 Å². The van der Waals surface area contributed by atoms with Crippen molar-refractivity contribution in [2.45, 2.75) is 33.2 Å². The van der Waals surface area contributed by atoms with E-state index in [-0.39, 0.29) is 17.3 Å². The maximum Gasteiger partial charge on any atom is 0.335 e. The summed E-state index contributed by atoms with van der Waals surface area (Å²) in [6.07, 6.45) is 0.980. The number of aromatic nitrogens is 2. The first kappa shape index (κ1) is 13.4. The van der Waals surface area contributed by atoms with Crippen LogP contribution in [0.1, 0.15) is 43.6 Å². The van der Waals surface area contributed by atoms with Crippen molar-refractivity contribution in [3.8, 4) is 0 Å². The van der Waals surface area contributed by atoms with Crippen LogP contribution >= 0.6 is 0 Å². The van der Waals surface area contributed by atoms with Gasteiger partial charge in [0.15, 0.2) is 0 Å². The highest BCUT2D eigenvalue weighted by Gasteiger charge is 2.18. The average Bonchev–Trinajstić information content (AvgIpc) is 2.71. The van der Waals surface area contributed by atoms with Crippen molar-refractivity contribution in [3.05, 3.63) is 34.2 Å². The molecule has 1 heterocycles. The van der Waals surface area contributed by atoms with E-state index in [9.17, 15) is 9.59 Å². The van der Waals surface area contributed by atoms with Gasteiger partial charge in [-0.3, -0.25) is 4.57 Å². The first-order valence-electron chi connectivity index (χ1n) is 6.43. The third-order valence-corrected chi connectivity index (χ3v) is 3.84. The molecule has 1 aromatic carbocycles. The summed E-state index contributed by atoms with van der Waals surface area (Å²) in [5.41, 5.74) is 1.31. The summed E-state index contributed by atoms with van der Waals surface area (Å²) >= 11 is 0. The largest absolute Gasteiger partial charge is 0.478 e. The molecule has 0 fully saturated rings. The van der Waals surface area contributed by atoms with Gasteiger partial charge in [0, 0.05) is 6.04 Å². The van der Waals surface area contributed by atoms with Crippen LogP contribution in [-0.4, -0.2) is 20.6 Å². The topological polar surface area (TPSA) is 75.1 Å². The van der Waals surface area contributed by atoms with Gasteiger partial charge in [0.05, 0.1) is 16.6 Å². The predicted octanol–water partition coefficient (Wildman–Crippen LogP) is 2.63. The second-order valence-corrected chi connectivity index (χ2v) is 4.96. The fourth-order valence-electron chi connectivity index (χ4n) is 2.26. The van der Waals surface area contributed by atoms with Crippen molar-refractivity contribution in [2.24, 2.45) is 5.92 Å². The van der Waals surface area contributed by atoms with E-state index in [1.165, 1.54) is 12.1 Å². The van der Waals surface area contributed by atoms with Gasteiger partial charge in [-0.05, 0) is 31.0 Å². The minimum Gasteiger partial charge on any atom is -0.478 e. The monoisotopic (exact) mass is 262 g/mol. The van der Waals surface area contributed by atoms with E-state index in [0.717, 1.165) is 11.9 Å². The number of hydrogen-bond acceptors (Lipinski definition) is 2. The molecular weight excluding hydrogens is 244 g/mol. The second-order valence-electron chi connectivity index (χ2n) is 4.96. The molecule has 2 unspecified atom stereocenters. The van der Waals surface area contributed by atoms with Crippen LogP contribution in [-0.2, 0) is 0 Å². The summed E-state index contributed by atoms with van der Waals surface area (Å²) in [6, 6.07) is 4.79. The number of carbonyl (C=O) groups is 1. The molecule has 102 valence electrons.